The van der Waals surface area contributed by atoms with Crippen molar-refractivity contribution in [1.29, 1.82) is 0 Å². The molecule has 1 fully saturated rings. The molecule has 1 aliphatic heterocycles. The molecule has 1 aromatic heterocycles. The molecule has 80 valence electrons. The molecule has 2 heterocycles. The van der Waals surface area contributed by atoms with Crippen LogP contribution in [0.2, 0.25) is 0 Å². The van der Waals surface area contributed by atoms with Crippen LogP contribution in [-0.4, -0.2) is 43.2 Å². The molecule has 0 spiro atoms. The van der Waals surface area contributed by atoms with Crippen LogP contribution in [0.1, 0.15) is 23.3 Å². The van der Waals surface area contributed by atoms with E-state index in [9.17, 15) is 9.59 Å². The monoisotopic (exact) mass is 227 g/mol. The molecule has 1 amide bonds. The fourth-order valence-corrected chi connectivity index (χ4v) is 2.08. The second-order valence-corrected chi connectivity index (χ2v) is 3.84. The number of aromatic nitrogens is 2. The van der Waals surface area contributed by atoms with E-state index in [2.05, 4.69) is 8.75 Å². The molecule has 0 aliphatic carbocycles. The Morgan fingerprint density at radius 1 is 1.60 bits per heavy atom. The van der Waals surface area contributed by atoms with Crippen molar-refractivity contribution in [3.8, 4) is 0 Å². The highest BCUT2D eigenvalue weighted by Gasteiger charge is 2.35. The lowest BCUT2D eigenvalue weighted by atomic mass is 10.2. The quantitative estimate of drug-likeness (QED) is 0.781. The molecule has 15 heavy (non-hydrogen) atoms. The minimum atomic E-state index is -0.955. The molecule has 1 N–H and O–H groups in total. The zero-order chi connectivity index (χ0) is 10.8. The van der Waals surface area contributed by atoms with Crippen LogP contribution in [0.4, 0.5) is 0 Å². The average Bonchev–Trinajstić information content (AvgIpc) is 2.88. The molecule has 0 aromatic carbocycles. The summed E-state index contributed by atoms with van der Waals surface area (Å²) in [6, 6.07) is -0.709. The molecular weight excluding hydrogens is 218 g/mol. The van der Waals surface area contributed by atoms with Gasteiger partial charge in [0.1, 0.15) is 6.04 Å². The zero-order valence-corrected chi connectivity index (χ0v) is 8.61. The number of carboxylic acid groups (broad SMARTS) is 1. The van der Waals surface area contributed by atoms with Gasteiger partial charge in [-0.15, -0.1) is 0 Å². The number of carbonyl (C=O) groups excluding carboxylic acids is 1. The summed E-state index contributed by atoms with van der Waals surface area (Å²) in [5.41, 5.74) is 0.230. The van der Waals surface area contributed by atoms with Crippen LogP contribution in [0.3, 0.4) is 0 Å². The van der Waals surface area contributed by atoms with Gasteiger partial charge in [0.15, 0.2) is 5.69 Å². The van der Waals surface area contributed by atoms with E-state index in [1.807, 2.05) is 0 Å². The normalized spacial score (nSPS) is 20.5. The average molecular weight is 227 g/mol. The second-order valence-electron chi connectivity index (χ2n) is 3.29. The summed E-state index contributed by atoms with van der Waals surface area (Å²) >= 11 is 0.941. The van der Waals surface area contributed by atoms with Gasteiger partial charge in [0.05, 0.1) is 17.9 Å². The molecule has 2 rings (SSSR count). The van der Waals surface area contributed by atoms with Gasteiger partial charge in [0, 0.05) is 6.54 Å². The first kappa shape index (κ1) is 10.0. The van der Waals surface area contributed by atoms with E-state index in [-0.39, 0.29) is 11.6 Å². The fourth-order valence-electron chi connectivity index (χ4n) is 1.67. The molecule has 0 radical (unpaired) electrons. The van der Waals surface area contributed by atoms with E-state index in [4.69, 9.17) is 5.11 Å². The number of likely N-dealkylation sites (tertiary alicyclic amines) is 1. The molecule has 1 aromatic rings. The van der Waals surface area contributed by atoms with Crippen LogP contribution in [0.15, 0.2) is 6.20 Å². The largest absolute Gasteiger partial charge is 0.480 e. The number of rotatable bonds is 2. The first-order valence-corrected chi connectivity index (χ1v) is 5.24. The maximum Gasteiger partial charge on any atom is 0.326 e. The molecular formula is C8H9N3O3S. The summed E-state index contributed by atoms with van der Waals surface area (Å²) in [7, 11) is 0. The predicted octanol–water partition coefficient (Wildman–Crippen LogP) is 0.227. The Morgan fingerprint density at radius 3 is 3.00 bits per heavy atom. The van der Waals surface area contributed by atoms with Crippen LogP contribution in [0, 0.1) is 0 Å². The highest BCUT2D eigenvalue weighted by Crippen LogP contribution is 2.19. The molecule has 1 saturated heterocycles. The summed E-state index contributed by atoms with van der Waals surface area (Å²) in [5, 5.41) is 8.90. The molecule has 1 aliphatic rings. The van der Waals surface area contributed by atoms with Crippen molar-refractivity contribution in [2.24, 2.45) is 0 Å². The molecule has 0 unspecified atom stereocenters. The van der Waals surface area contributed by atoms with E-state index in [0.29, 0.717) is 13.0 Å². The van der Waals surface area contributed by atoms with Gasteiger partial charge in [-0.2, -0.15) is 8.75 Å². The number of nitrogens with zero attached hydrogens (tertiary/aromatic N) is 3. The topological polar surface area (TPSA) is 83.4 Å². The van der Waals surface area contributed by atoms with E-state index in [1.165, 1.54) is 11.1 Å². The molecule has 6 nitrogen and oxygen atoms in total. The number of hydrogen-bond acceptors (Lipinski definition) is 5. The first-order chi connectivity index (χ1) is 7.20. The Balaban J connectivity index is 2.17. The lowest BCUT2D eigenvalue weighted by Crippen LogP contribution is -2.40. The van der Waals surface area contributed by atoms with Gasteiger partial charge in [-0.1, -0.05) is 0 Å². The third-order valence-corrected chi connectivity index (χ3v) is 2.86. The number of aliphatic carboxylic acids is 1. The maximum atomic E-state index is 11.8. The standard InChI is InChI=1S/C8H9N3O3S/c12-7(5-4-9-15-10-5)11-3-1-2-6(11)8(13)14/h4,6H,1-3H2,(H,13,14)/t6-/m1/s1. The van der Waals surface area contributed by atoms with Gasteiger partial charge in [-0.25, -0.2) is 4.79 Å². The van der Waals surface area contributed by atoms with Crippen LogP contribution < -0.4 is 0 Å². The van der Waals surface area contributed by atoms with E-state index >= 15 is 0 Å². The summed E-state index contributed by atoms with van der Waals surface area (Å²) in [4.78, 5) is 24.0. The molecule has 0 saturated carbocycles. The van der Waals surface area contributed by atoms with E-state index in [0.717, 1.165) is 18.1 Å². The first-order valence-electron chi connectivity index (χ1n) is 4.51. The highest BCUT2D eigenvalue weighted by atomic mass is 32.1. The van der Waals surface area contributed by atoms with Crippen LogP contribution >= 0.6 is 11.7 Å². The van der Waals surface area contributed by atoms with Crippen LogP contribution in [-0.2, 0) is 4.79 Å². The summed E-state index contributed by atoms with van der Waals surface area (Å²) in [6.07, 6.45) is 2.60. The minimum Gasteiger partial charge on any atom is -0.480 e. The van der Waals surface area contributed by atoms with Gasteiger partial charge in [-0.05, 0) is 12.8 Å². The number of carboxylic acids is 1. The summed E-state index contributed by atoms with van der Waals surface area (Å²) < 4.78 is 7.52. The van der Waals surface area contributed by atoms with Gasteiger partial charge in [0.2, 0.25) is 0 Å². The molecule has 7 heteroatoms. The van der Waals surface area contributed by atoms with Crippen molar-refractivity contribution in [3.63, 3.8) is 0 Å². The summed E-state index contributed by atoms with van der Waals surface area (Å²) in [6.45, 7) is 0.479. The highest BCUT2D eigenvalue weighted by molar-refractivity contribution is 6.99. The maximum absolute atomic E-state index is 11.8. The minimum absolute atomic E-state index is 0.230. The molecule has 1 atom stereocenters. The van der Waals surface area contributed by atoms with Crippen molar-refractivity contribution in [2.45, 2.75) is 18.9 Å². The molecule has 0 bridgehead atoms. The second kappa shape index (κ2) is 3.93. The van der Waals surface area contributed by atoms with Crippen molar-refractivity contribution >= 4 is 23.6 Å². The van der Waals surface area contributed by atoms with Crippen LogP contribution in [0.5, 0.6) is 0 Å². The van der Waals surface area contributed by atoms with Gasteiger partial charge in [0.25, 0.3) is 5.91 Å². The Hall–Kier alpha value is -1.50. The Labute approximate surface area is 89.9 Å². The SMILES string of the molecule is O=C(O)[C@H]1CCCN1C(=O)c1cnsn1. The zero-order valence-electron chi connectivity index (χ0n) is 7.79. The number of amides is 1. The number of carbonyl (C=O) groups is 2. The number of hydrogen-bond donors (Lipinski definition) is 1. The van der Waals surface area contributed by atoms with Crippen molar-refractivity contribution in [2.75, 3.05) is 6.54 Å². The Bertz CT molecular complexity index is 378. The predicted molar refractivity (Wildman–Crippen MR) is 51.6 cm³/mol. The van der Waals surface area contributed by atoms with Gasteiger partial charge >= 0.3 is 5.97 Å². The lowest BCUT2D eigenvalue weighted by molar-refractivity contribution is -0.141. The third kappa shape index (κ3) is 1.82. The Kier molecular flexibility index (Phi) is 2.63. The van der Waals surface area contributed by atoms with Gasteiger partial charge in [-0.3, -0.25) is 4.79 Å². The van der Waals surface area contributed by atoms with E-state index in [1.54, 1.807) is 0 Å². The summed E-state index contributed by atoms with van der Waals surface area (Å²) in [5.74, 6) is -1.29. The van der Waals surface area contributed by atoms with Gasteiger partial charge < -0.3 is 10.0 Å². The smallest absolute Gasteiger partial charge is 0.326 e. The Morgan fingerprint density at radius 2 is 2.40 bits per heavy atom. The van der Waals surface area contributed by atoms with E-state index < -0.39 is 12.0 Å². The van der Waals surface area contributed by atoms with Crippen molar-refractivity contribution < 1.29 is 14.7 Å². The van der Waals surface area contributed by atoms with Crippen LogP contribution in [0.25, 0.3) is 0 Å². The fraction of sp³-hybridized carbons (Fsp3) is 0.500. The van der Waals surface area contributed by atoms with Crippen molar-refractivity contribution in [3.05, 3.63) is 11.9 Å². The van der Waals surface area contributed by atoms with Crippen molar-refractivity contribution in [1.82, 2.24) is 13.6 Å². The third-order valence-electron chi connectivity index (χ3n) is 2.38. The lowest BCUT2D eigenvalue weighted by Gasteiger charge is -2.19.